The molecule has 0 atom stereocenters. The molecule has 0 saturated carbocycles. The molecule has 2 rings (SSSR count). The number of anilines is 1. The predicted molar refractivity (Wildman–Crippen MR) is 67.5 cm³/mol. The monoisotopic (exact) mass is 282 g/mol. The summed E-state index contributed by atoms with van der Waals surface area (Å²) in [7, 11) is 0. The number of hydrogen-bond acceptors (Lipinski definition) is 7. The summed E-state index contributed by atoms with van der Waals surface area (Å²) < 4.78 is 5.22. The summed E-state index contributed by atoms with van der Waals surface area (Å²) >= 11 is 0. The summed E-state index contributed by atoms with van der Waals surface area (Å²) in [5, 5.41) is 19.0. The van der Waals surface area contributed by atoms with E-state index in [2.05, 4.69) is 9.97 Å². The quantitative estimate of drug-likeness (QED) is 0.611. The average molecular weight is 282 g/mol. The summed E-state index contributed by atoms with van der Waals surface area (Å²) in [4.78, 5) is 30.2. The van der Waals surface area contributed by atoms with Crippen molar-refractivity contribution in [2.24, 2.45) is 0 Å². The lowest BCUT2D eigenvalue weighted by molar-refractivity contribution is -0.385. The molecule has 9 nitrogen and oxygen atoms in total. The Labute approximate surface area is 114 Å². The van der Waals surface area contributed by atoms with E-state index < -0.39 is 10.9 Å². The van der Waals surface area contributed by atoms with E-state index in [9.17, 15) is 14.9 Å². The first-order valence-corrected chi connectivity index (χ1v) is 6.11. The van der Waals surface area contributed by atoms with Gasteiger partial charge in [0.05, 0.1) is 11.0 Å². The van der Waals surface area contributed by atoms with E-state index in [4.69, 9.17) is 9.84 Å². The molecule has 1 aliphatic rings. The Morgan fingerprint density at radius 1 is 1.45 bits per heavy atom. The van der Waals surface area contributed by atoms with Crippen LogP contribution in [0.4, 0.5) is 11.6 Å². The van der Waals surface area contributed by atoms with Gasteiger partial charge < -0.3 is 14.7 Å². The van der Waals surface area contributed by atoms with Crippen LogP contribution >= 0.6 is 0 Å². The van der Waals surface area contributed by atoms with E-state index in [1.807, 2.05) is 4.90 Å². The van der Waals surface area contributed by atoms with Gasteiger partial charge in [-0.15, -0.1) is 0 Å². The van der Waals surface area contributed by atoms with Crippen LogP contribution in [-0.2, 0) is 9.53 Å². The van der Waals surface area contributed by atoms with Gasteiger partial charge in [0.1, 0.15) is 19.0 Å². The van der Waals surface area contributed by atoms with E-state index in [0.717, 1.165) is 0 Å². The Morgan fingerprint density at radius 3 is 2.55 bits per heavy atom. The van der Waals surface area contributed by atoms with Crippen LogP contribution < -0.4 is 4.90 Å². The summed E-state index contributed by atoms with van der Waals surface area (Å²) in [5.74, 6) is -0.543. The van der Waals surface area contributed by atoms with Crippen LogP contribution in [0, 0.1) is 10.1 Å². The average Bonchev–Trinajstić information content (AvgIpc) is 2.46. The summed E-state index contributed by atoms with van der Waals surface area (Å²) in [6.45, 7) is 0.961. The topological polar surface area (TPSA) is 119 Å². The summed E-state index contributed by atoms with van der Waals surface area (Å²) in [6, 6.07) is 0. The van der Waals surface area contributed by atoms with Crippen molar-refractivity contribution in [1.82, 2.24) is 9.97 Å². The molecule has 0 unspecified atom stereocenters. The highest BCUT2D eigenvalue weighted by Crippen LogP contribution is 2.19. The maximum atomic E-state index is 10.5. The number of nitrogens with zero attached hydrogens (tertiary/aromatic N) is 4. The summed E-state index contributed by atoms with van der Waals surface area (Å²) in [5.41, 5.74) is -0.145. The first kappa shape index (κ1) is 14.1. The van der Waals surface area contributed by atoms with E-state index >= 15 is 0 Å². The van der Waals surface area contributed by atoms with Gasteiger partial charge >= 0.3 is 11.7 Å². The molecule has 1 fully saturated rings. The lowest BCUT2D eigenvalue weighted by Crippen LogP contribution is -2.38. The third-order valence-corrected chi connectivity index (χ3v) is 3.00. The largest absolute Gasteiger partial charge is 0.480 e. The molecule has 2 heterocycles. The summed E-state index contributed by atoms with van der Waals surface area (Å²) in [6.07, 6.45) is 3.62. The Kier molecular flexibility index (Phi) is 4.41. The predicted octanol–water partition coefficient (Wildman–Crippen LogP) is 0.455. The molecule has 20 heavy (non-hydrogen) atoms. The third-order valence-electron chi connectivity index (χ3n) is 3.00. The van der Waals surface area contributed by atoms with Gasteiger partial charge in [0, 0.05) is 13.1 Å². The van der Waals surface area contributed by atoms with E-state index in [0.29, 0.717) is 31.9 Å². The van der Waals surface area contributed by atoms with Crippen LogP contribution in [-0.4, -0.2) is 51.8 Å². The molecule has 0 spiro atoms. The number of aromatic nitrogens is 2. The highest BCUT2D eigenvalue weighted by molar-refractivity contribution is 5.68. The van der Waals surface area contributed by atoms with Crippen molar-refractivity contribution in [3.05, 3.63) is 22.5 Å². The first-order valence-electron chi connectivity index (χ1n) is 6.11. The molecule has 1 aromatic heterocycles. The van der Waals surface area contributed by atoms with Crippen molar-refractivity contribution in [2.45, 2.75) is 18.9 Å². The van der Waals surface area contributed by atoms with Crippen LogP contribution in [0.3, 0.4) is 0 Å². The number of piperidine rings is 1. The minimum Gasteiger partial charge on any atom is -0.480 e. The second-order valence-corrected chi connectivity index (χ2v) is 4.39. The fraction of sp³-hybridized carbons (Fsp3) is 0.545. The van der Waals surface area contributed by atoms with Gasteiger partial charge in [0.15, 0.2) is 0 Å². The van der Waals surface area contributed by atoms with Gasteiger partial charge in [-0.05, 0) is 12.8 Å². The zero-order valence-corrected chi connectivity index (χ0v) is 10.6. The Morgan fingerprint density at radius 2 is 2.05 bits per heavy atom. The van der Waals surface area contributed by atoms with Crippen molar-refractivity contribution in [3.8, 4) is 0 Å². The van der Waals surface area contributed by atoms with Crippen molar-refractivity contribution in [3.63, 3.8) is 0 Å². The smallest absolute Gasteiger partial charge is 0.329 e. The Hall–Kier alpha value is -2.29. The maximum Gasteiger partial charge on any atom is 0.329 e. The maximum absolute atomic E-state index is 10.5. The number of carboxylic acids is 1. The van der Waals surface area contributed by atoms with Crippen LogP contribution in [0.2, 0.25) is 0 Å². The zero-order chi connectivity index (χ0) is 14.5. The van der Waals surface area contributed by atoms with Crippen molar-refractivity contribution in [2.75, 3.05) is 24.6 Å². The molecule has 1 saturated heterocycles. The second-order valence-electron chi connectivity index (χ2n) is 4.39. The van der Waals surface area contributed by atoms with E-state index in [-0.39, 0.29) is 18.4 Å². The first-order chi connectivity index (χ1) is 9.56. The minimum absolute atomic E-state index is 0.0830. The fourth-order valence-corrected chi connectivity index (χ4v) is 1.98. The molecule has 0 radical (unpaired) electrons. The molecule has 0 amide bonds. The second kappa shape index (κ2) is 6.24. The number of nitro groups is 1. The lowest BCUT2D eigenvalue weighted by Gasteiger charge is -2.31. The molecule has 1 N–H and O–H groups in total. The molecule has 1 aliphatic heterocycles. The molecule has 9 heteroatoms. The Bertz CT molecular complexity index is 484. The molecule has 0 aromatic carbocycles. The normalized spacial score (nSPS) is 16.1. The van der Waals surface area contributed by atoms with E-state index in [1.165, 1.54) is 12.4 Å². The molecule has 1 aromatic rings. The van der Waals surface area contributed by atoms with Crippen LogP contribution in [0.15, 0.2) is 12.4 Å². The van der Waals surface area contributed by atoms with Gasteiger partial charge in [-0.3, -0.25) is 10.1 Å². The fourth-order valence-electron chi connectivity index (χ4n) is 1.98. The van der Waals surface area contributed by atoms with Gasteiger partial charge in [-0.25, -0.2) is 14.8 Å². The van der Waals surface area contributed by atoms with Crippen LogP contribution in [0.1, 0.15) is 12.8 Å². The number of rotatable bonds is 5. The van der Waals surface area contributed by atoms with Crippen LogP contribution in [0.25, 0.3) is 0 Å². The SMILES string of the molecule is O=C(O)COC1CCN(c2ncc([N+](=O)[O-])cn2)CC1. The van der Waals surface area contributed by atoms with Gasteiger partial charge in [0.25, 0.3) is 0 Å². The standard InChI is InChI=1S/C11H14N4O5/c16-10(17)7-20-9-1-3-14(4-2-9)11-12-5-8(6-13-11)15(18)19/h5-6,9H,1-4,7H2,(H,16,17). The number of carboxylic acid groups (broad SMARTS) is 1. The number of carbonyl (C=O) groups is 1. The highest BCUT2D eigenvalue weighted by atomic mass is 16.6. The van der Waals surface area contributed by atoms with Crippen molar-refractivity contribution in [1.29, 1.82) is 0 Å². The van der Waals surface area contributed by atoms with Gasteiger partial charge in [0.2, 0.25) is 5.95 Å². The van der Waals surface area contributed by atoms with Gasteiger partial charge in [-0.2, -0.15) is 0 Å². The number of hydrogen-bond donors (Lipinski definition) is 1. The van der Waals surface area contributed by atoms with E-state index in [1.54, 1.807) is 0 Å². The molecular formula is C11H14N4O5. The van der Waals surface area contributed by atoms with Crippen molar-refractivity contribution < 1.29 is 19.6 Å². The molecule has 0 aliphatic carbocycles. The van der Waals surface area contributed by atoms with Crippen LogP contribution in [0.5, 0.6) is 0 Å². The minimum atomic E-state index is -0.980. The molecular weight excluding hydrogens is 268 g/mol. The van der Waals surface area contributed by atoms with Gasteiger partial charge in [-0.1, -0.05) is 0 Å². The third kappa shape index (κ3) is 3.60. The number of ether oxygens (including phenoxy) is 1. The highest BCUT2D eigenvalue weighted by Gasteiger charge is 2.22. The number of aliphatic carboxylic acids is 1. The zero-order valence-electron chi connectivity index (χ0n) is 10.6. The van der Waals surface area contributed by atoms with Crippen molar-refractivity contribution >= 4 is 17.6 Å². The lowest BCUT2D eigenvalue weighted by atomic mass is 10.1. The molecule has 108 valence electrons. The molecule has 0 bridgehead atoms. The Balaban J connectivity index is 1.87.